The molecule has 0 amide bonds. The number of methoxy groups -OCH3 is 1. The van der Waals surface area contributed by atoms with Crippen LogP contribution >= 0.6 is 0 Å². The number of rotatable bonds is 9. The van der Waals surface area contributed by atoms with Gasteiger partial charge in [0.05, 0.1) is 36.9 Å². The summed E-state index contributed by atoms with van der Waals surface area (Å²) in [5, 5.41) is 94.2. The maximum absolute atomic E-state index is 13.1. The van der Waals surface area contributed by atoms with Crippen molar-refractivity contribution in [1.82, 2.24) is 0 Å². The largest absolute Gasteiger partial charge is 0.506 e. The number of carbonyl (C=O) groups is 2. The predicted octanol–water partition coefficient (Wildman–Crippen LogP) is -2.60. The normalized spacial score (nSPS) is 36.3. The van der Waals surface area contributed by atoms with Gasteiger partial charge in [-0.15, -0.1) is 0 Å². The molecule has 2 aromatic carbocycles. The third-order valence-electron chi connectivity index (χ3n) is 8.52. The highest BCUT2D eigenvalue weighted by molar-refractivity contribution is 6.09. The van der Waals surface area contributed by atoms with Crippen molar-refractivity contribution in [2.75, 3.05) is 20.3 Å². The highest BCUT2D eigenvalue weighted by Crippen LogP contribution is 2.45. The minimum absolute atomic E-state index is 0.00966. The van der Waals surface area contributed by atoms with E-state index in [2.05, 4.69) is 0 Å². The van der Waals surface area contributed by atoms with E-state index in [1.807, 2.05) is 0 Å². The molecule has 16 heteroatoms. The Bertz CT molecular complexity index is 1460. The van der Waals surface area contributed by atoms with E-state index in [1.165, 1.54) is 32.2 Å². The van der Waals surface area contributed by atoms with Gasteiger partial charge in [0.15, 0.2) is 12.1 Å². The van der Waals surface area contributed by atoms with E-state index in [0.717, 1.165) is 0 Å². The lowest BCUT2D eigenvalue weighted by Gasteiger charge is -2.42. The Kier molecular flexibility index (Phi) is 9.89. The second-order valence-corrected chi connectivity index (χ2v) is 12.0. The van der Waals surface area contributed by atoms with Gasteiger partial charge >= 0.3 is 0 Å². The molecule has 2 aromatic rings. The Balaban J connectivity index is 1.42. The number of carbonyl (C=O) groups excluding carboxylic acids is 2. The molecular weight excluding hydrogens is 616 g/mol. The summed E-state index contributed by atoms with van der Waals surface area (Å²) >= 11 is 0. The van der Waals surface area contributed by atoms with Gasteiger partial charge in [-0.1, -0.05) is 0 Å². The van der Waals surface area contributed by atoms with Crippen LogP contribution in [-0.2, 0) is 25.4 Å². The summed E-state index contributed by atoms with van der Waals surface area (Å²) in [7, 11) is 1.36. The van der Waals surface area contributed by atoms with Crippen molar-refractivity contribution in [2.24, 2.45) is 0 Å². The molecule has 3 aliphatic rings. The maximum atomic E-state index is 13.1. The number of ether oxygens (including phenoxy) is 5. The monoisotopic (exact) mass is 654 g/mol. The van der Waals surface area contributed by atoms with Crippen molar-refractivity contribution in [1.29, 1.82) is 0 Å². The van der Waals surface area contributed by atoms with E-state index in [0.29, 0.717) is 10.9 Å². The molecule has 16 nitrogen and oxygen atoms in total. The first-order valence-corrected chi connectivity index (χ1v) is 14.6. The lowest BCUT2D eigenvalue weighted by Crippen LogP contribution is -2.62. The maximum Gasteiger partial charge on any atom is 0.229 e. The van der Waals surface area contributed by atoms with E-state index < -0.39 is 98.2 Å². The quantitative estimate of drug-likeness (QED) is 0.134. The Morgan fingerprint density at radius 2 is 1.54 bits per heavy atom. The number of Topliss-reactive ketones (excluding diaryl/α,β-unsaturated/α-hetero) is 2. The van der Waals surface area contributed by atoms with Gasteiger partial charge in [0, 0.05) is 25.3 Å². The molecule has 2 aliphatic heterocycles. The van der Waals surface area contributed by atoms with Crippen LogP contribution in [-0.4, -0.2) is 145 Å². The second kappa shape index (κ2) is 13.2. The van der Waals surface area contributed by atoms with Crippen molar-refractivity contribution in [3.05, 3.63) is 29.3 Å². The van der Waals surface area contributed by atoms with Crippen molar-refractivity contribution in [3.63, 3.8) is 0 Å². The molecule has 0 bridgehead atoms. The van der Waals surface area contributed by atoms with E-state index in [4.69, 9.17) is 23.7 Å². The summed E-state index contributed by atoms with van der Waals surface area (Å²) in [6.45, 7) is 0.000445. The van der Waals surface area contributed by atoms with Crippen LogP contribution in [0.2, 0.25) is 0 Å². The van der Waals surface area contributed by atoms with Gasteiger partial charge in [-0.2, -0.15) is 0 Å². The first kappa shape index (κ1) is 34.3. The van der Waals surface area contributed by atoms with Gasteiger partial charge in [0.25, 0.3) is 0 Å². The molecule has 11 atom stereocenters. The van der Waals surface area contributed by atoms with Crippen LogP contribution in [0.1, 0.15) is 35.7 Å². The Hall–Kier alpha value is -3.00. The molecule has 2 fully saturated rings. The van der Waals surface area contributed by atoms with Gasteiger partial charge in [0.2, 0.25) is 6.29 Å². The number of fused-ring (bicyclic) bond motifs is 2. The highest BCUT2D eigenvalue weighted by Gasteiger charge is 2.48. The third-order valence-corrected chi connectivity index (χ3v) is 8.52. The Morgan fingerprint density at radius 1 is 0.913 bits per heavy atom. The van der Waals surface area contributed by atoms with E-state index in [1.54, 1.807) is 0 Å². The zero-order valence-corrected chi connectivity index (χ0v) is 24.9. The number of phenolic OH excluding ortho intramolecular Hbond substituents is 1. The van der Waals surface area contributed by atoms with E-state index >= 15 is 0 Å². The number of ketones is 2. The lowest BCUT2D eigenvalue weighted by molar-refractivity contribution is -0.323. The van der Waals surface area contributed by atoms with Crippen LogP contribution in [0.3, 0.4) is 0 Å². The Morgan fingerprint density at radius 3 is 2.17 bits per heavy atom. The summed E-state index contributed by atoms with van der Waals surface area (Å²) < 4.78 is 27.7. The number of aliphatic hydroxyl groups excluding tert-OH is 7. The van der Waals surface area contributed by atoms with Crippen LogP contribution in [0.5, 0.6) is 17.2 Å². The summed E-state index contributed by atoms with van der Waals surface area (Å²) in [5.74, 6) is -1.33. The standard InChI is InChI=1S/C30H38O16/c1-11(32)6-30(41)7-13-3-12-4-14(42-2)5-16(20(12)23(36)19(13)15(33)8-30)44-29-27(40)25(38)22(35)18(46-29)10-43-28-26(39)24(37)21(34)17(9-31)45-28/h3-5,17-18,21-22,24-29,31,34-41H,6-10H2,1-2H3/t17?,18?,21?,22?,24?,25?,26?,27?,28?,29?,30-/m1/s1. The number of aliphatic hydroxyl groups is 8. The average molecular weight is 655 g/mol. The number of hydrogen-bond acceptors (Lipinski definition) is 16. The minimum atomic E-state index is -1.85. The molecule has 0 spiro atoms. The predicted molar refractivity (Wildman–Crippen MR) is 152 cm³/mol. The summed E-state index contributed by atoms with van der Waals surface area (Å²) in [4.78, 5) is 24.9. The van der Waals surface area contributed by atoms with Crippen molar-refractivity contribution in [3.8, 4) is 17.2 Å². The molecule has 5 rings (SSSR count). The van der Waals surface area contributed by atoms with E-state index in [-0.39, 0.29) is 41.1 Å². The molecule has 0 aromatic heterocycles. The van der Waals surface area contributed by atoms with Crippen LogP contribution in [0, 0.1) is 0 Å². The fourth-order valence-electron chi connectivity index (χ4n) is 6.24. The number of aromatic hydroxyl groups is 1. The Labute approximate surface area is 261 Å². The number of benzene rings is 2. The second-order valence-electron chi connectivity index (χ2n) is 12.0. The molecule has 2 heterocycles. The molecule has 1 aliphatic carbocycles. The topological polar surface area (TPSA) is 262 Å². The van der Waals surface area contributed by atoms with Gasteiger partial charge < -0.3 is 69.6 Å². The van der Waals surface area contributed by atoms with Crippen LogP contribution in [0.25, 0.3) is 10.8 Å². The third kappa shape index (κ3) is 6.43. The molecule has 0 radical (unpaired) electrons. The lowest BCUT2D eigenvalue weighted by atomic mass is 9.76. The summed E-state index contributed by atoms with van der Waals surface area (Å²) in [6, 6.07) is 4.40. The van der Waals surface area contributed by atoms with Gasteiger partial charge in [-0.25, -0.2) is 0 Å². The minimum Gasteiger partial charge on any atom is -0.506 e. The molecule has 254 valence electrons. The number of hydrogen-bond donors (Lipinski definition) is 9. The number of phenols is 1. The van der Waals surface area contributed by atoms with Crippen molar-refractivity contribution >= 4 is 22.3 Å². The highest BCUT2D eigenvalue weighted by atomic mass is 16.7. The fraction of sp³-hybridized carbons (Fsp3) is 0.600. The van der Waals surface area contributed by atoms with Crippen LogP contribution < -0.4 is 9.47 Å². The van der Waals surface area contributed by atoms with Gasteiger partial charge in [0.1, 0.15) is 71.9 Å². The van der Waals surface area contributed by atoms with Crippen LogP contribution in [0.15, 0.2) is 18.2 Å². The molecule has 0 saturated carbocycles. The zero-order valence-electron chi connectivity index (χ0n) is 24.9. The zero-order chi connectivity index (χ0) is 33.7. The van der Waals surface area contributed by atoms with Crippen molar-refractivity contribution < 1.29 is 79.2 Å². The summed E-state index contributed by atoms with van der Waals surface area (Å²) in [5.41, 5.74) is -1.41. The van der Waals surface area contributed by atoms with Gasteiger partial charge in [-0.3, -0.25) is 9.59 Å². The summed E-state index contributed by atoms with van der Waals surface area (Å²) in [6.07, 6.45) is -17.3. The molecule has 2 saturated heterocycles. The first-order valence-electron chi connectivity index (χ1n) is 14.6. The molecule has 9 N–H and O–H groups in total. The fourth-order valence-corrected chi connectivity index (χ4v) is 6.24. The average Bonchev–Trinajstić information content (AvgIpc) is 2.99. The SMILES string of the molecule is COc1cc(OC2OC(COC3OC(CO)C(O)C(O)C3O)C(O)C(O)C2O)c2c(O)c3c(cc2c1)C[C@](O)(CC(C)=O)CC3=O. The molecular formula is C30H38O16. The van der Waals surface area contributed by atoms with E-state index in [9.17, 15) is 55.5 Å². The van der Waals surface area contributed by atoms with Gasteiger partial charge in [-0.05, 0) is 30.0 Å². The van der Waals surface area contributed by atoms with Crippen molar-refractivity contribution in [2.45, 2.75) is 93.2 Å². The first-order chi connectivity index (χ1) is 21.7. The molecule has 10 unspecified atom stereocenters. The smallest absolute Gasteiger partial charge is 0.229 e. The molecule has 46 heavy (non-hydrogen) atoms. The van der Waals surface area contributed by atoms with Crippen LogP contribution in [0.4, 0.5) is 0 Å².